The Balaban J connectivity index is 2.14. The number of benzene rings is 1. The van der Waals surface area contributed by atoms with Crippen LogP contribution in [0, 0.1) is 6.92 Å². The molecule has 1 aromatic heterocycles. The van der Waals surface area contributed by atoms with Crippen molar-refractivity contribution in [2.45, 2.75) is 39.5 Å². The molecule has 0 saturated carbocycles. The average molecular weight is 332 g/mol. The van der Waals surface area contributed by atoms with Crippen molar-refractivity contribution in [3.63, 3.8) is 0 Å². The number of nitrogens with one attached hydrogen (secondary N) is 1. The third kappa shape index (κ3) is 4.16. The van der Waals surface area contributed by atoms with Crippen molar-refractivity contribution in [2.75, 3.05) is 5.32 Å². The molecule has 0 fully saturated rings. The SMILES string of the molecule is CCc1cccc(C)c1NC(=O)[C@@H](C)c1nc(CC(=O)O)cs1. The lowest BCUT2D eigenvalue weighted by Gasteiger charge is -2.15. The van der Waals surface area contributed by atoms with Gasteiger partial charge in [-0.1, -0.05) is 25.1 Å². The van der Waals surface area contributed by atoms with Crippen LogP contribution in [0.25, 0.3) is 0 Å². The molecule has 1 heterocycles. The number of rotatable bonds is 6. The summed E-state index contributed by atoms with van der Waals surface area (Å²) in [5.74, 6) is -1.48. The largest absolute Gasteiger partial charge is 0.481 e. The van der Waals surface area contributed by atoms with Gasteiger partial charge in [-0.2, -0.15) is 0 Å². The molecule has 0 spiro atoms. The van der Waals surface area contributed by atoms with E-state index in [1.165, 1.54) is 11.3 Å². The zero-order chi connectivity index (χ0) is 17.0. The second kappa shape index (κ2) is 7.37. The Morgan fingerprint density at radius 3 is 2.78 bits per heavy atom. The lowest BCUT2D eigenvalue weighted by molar-refractivity contribution is -0.136. The number of carboxylic acid groups (broad SMARTS) is 1. The first-order valence-electron chi connectivity index (χ1n) is 7.47. The molecule has 0 aliphatic carbocycles. The molecule has 0 radical (unpaired) electrons. The molecule has 1 atom stereocenters. The van der Waals surface area contributed by atoms with Crippen molar-refractivity contribution >= 4 is 28.9 Å². The molecule has 5 nitrogen and oxygen atoms in total. The number of carbonyl (C=O) groups excluding carboxylic acids is 1. The van der Waals surface area contributed by atoms with Crippen molar-refractivity contribution < 1.29 is 14.7 Å². The fraction of sp³-hybridized carbons (Fsp3) is 0.353. The number of aromatic nitrogens is 1. The van der Waals surface area contributed by atoms with Gasteiger partial charge in [0.2, 0.25) is 5.91 Å². The molecule has 0 unspecified atom stereocenters. The minimum atomic E-state index is -0.925. The van der Waals surface area contributed by atoms with E-state index < -0.39 is 11.9 Å². The molecule has 0 saturated heterocycles. The van der Waals surface area contributed by atoms with Crippen LogP contribution in [-0.2, 0) is 22.4 Å². The quantitative estimate of drug-likeness (QED) is 0.850. The number of aliphatic carboxylic acids is 1. The van der Waals surface area contributed by atoms with Crippen molar-refractivity contribution in [2.24, 2.45) is 0 Å². The standard InChI is InChI=1S/C17H20N2O3S/c1-4-12-7-5-6-10(2)15(12)19-16(22)11(3)17-18-13(9-23-17)8-14(20)21/h5-7,9,11H,4,8H2,1-3H3,(H,19,22)(H,20,21)/t11-/m1/s1. The molecular formula is C17H20N2O3S. The Labute approximate surface area is 139 Å². The summed E-state index contributed by atoms with van der Waals surface area (Å²) in [5.41, 5.74) is 3.46. The number of thiazole rings is 1. The third-order valence-corrected chi connectivity index (χ3v) is 4.73. The summed E-state index contributed by atoms with van der Waals surface area (Å²) < 4.78 is 0. The highest BCUT2D eigenvalue weighted by atomic mass is 32.1. The summed E-state index contributed by atoms with van der Waals surface area (Å²) in [6.07, 6.45) is 0.717. The third-order valence-electron chi connectivity index (χ3n) is 3.65. The highest BCUT2D eigenvalue weighted by molar-refractivity contribution is 7.09. The van der Waals surface area contributed by atoms with Crippen molar-refractivity contribution in [1.29, 1.82) is 0 Å². The first-order chi connectivity index (χ1) is 10.9. The number of nitrogens with zero attached hydrogens (tertiary/aromatic N) is 1. The van der Waals surface area contributed by atoms with Gasteiger partial charge < -0.3 is 10.4 Å². The monoisotopic (exact) mass is 332 g/mol. The van der Waals surface area contributed by atoms with E-state index in [4.69, 9.17) is 5.11 Å². The molecule has 23 heavy (non-hydrogen) atoms. The first-order valence-corrected chi connectivity index (χ1v) is 8.35. The van der Waals surface area contributed by atoms with Crippen LogP contribution in [0.15, 0.2) is 23.6 Å². The molecule has 122 valence electrons. The van der Waals surface area contributed by atoms with Crippen LogP contribution >= 0.6 is 11.3 Å². The molecule has 0 aliphatic heterocycles. The first kappa shape index (κ1) is 17.1. The van der Waals surface area contributed by atoms with Crippen LogP contribution in [0.1, 0.15) is 41.6 Å². The lowest BCUT2D eigenvalue weighted by atomic mass is 10.0. The number of carbonyl (C=O) groups is 2. The Bertz CT molecular complexity index is 724. The lowest BCUT2D eigenvalue weighted by Crippen LogP contribution is -2.20. The van der Waals surface area contributed by atoms with Crippen LogP contribution in [0.2, 0.25) is 0 Å². The number of aryl methyl sites for hydroxylation is 2. The minimum absolute atomic E-state index is 0.122. The van der Waals surface area contributed by atoms with E-state index in [1.54, 1.807) is 12.3 Å². The molecule has 1 amide bonds. The highest BCUT2D eigenvalue weighted by Crippen LogP contribution is 2.25. The van der Waals surface area contributed by atoms with Gasteiger partial charge in [-0.05, 0) is 31.4 Å². The van der Waals surface area contributed by atoms with E-state index in [2.05, 4.69) is 10.3 Å². The van der Waals surface area contributed by atoms with Crippen LogP contribution in [0.3, 0.4) is 0 Å². The topological polar surface area (TPSA) is 79.3 Å². The van der Waals surface area contributed by atoms with Gasteiger partial charge in [-0.15, -0.1) is 11.3 Å². The number of hydrogen-bond acceptors (Lipinski definition) is 4. The van der Waals surface area contributed by atoms with Gasteiger partial charge in [0.1, 0.15) is 5.01 Å². The predicted molar refractivity (Wildman–Crippen MR) is 91.1 cm³/mol. The summed E-state index contributed by atoms with van der Waals surface area (Å²) in [5, 5.41) is 14.1. The van der Waals surface area contributed by atoms with Gasteiger partial charge in [-0.3, -0.25) is 9.59 Å². The van der Waals surface area contributed by atoms with Gasteiger partial charge in [0.15, 0.2) is 0 Å². The smallest absolute Gasteiger partial charge is 0.309 e. The number of hydrogen-bond donors (Lipinski definition) is 2. The maximum atomic E-state index is 12.5. The molecule has 0 bridgehead atoms. The average Bonchev–Trinajstić information content (AvgIpc) is 2.95. The van der Waals surface area contributed by atoms with Gasteiger partial charge in [0.05, 0.1) is 18.0 Å². The summed E-state index contributed by atoms with van der Waals surface area (Å²) in [6.45, 7) is 5.79. The fourth-order valence-electron chi connectivity index (χ4n) is 2.30. The van der Waals surface area contributed by atoms with Gasteiger partial charge in [0, 0.05) is 11.1 Å². The normalized spacial score (nSPS) is 12.0. The van der Waals surface area contributed by atoms with Crippen LogP contribution in [-0.4, -0.2) is 22.0 Å². The van der Waals surface area contributed by atoms with Crippen molar-refractivity contribution in [3.8, 4) is 0 Å². The summed E-state index contributed by atoms with van der Waals surface area (Å²) in [7, 11) is 0. The summed E-state index contributed by atoms with van der Waals surface area (Å²) >= 11 is 1.32. The zero-order valence-electron chi connectivity index (χ0n) is 13.4. The van der Waals surface area contributed by atoms with Crippen molar-refractivity contribution in [1.82, 2.24) is 4.98 Å². The molecule has 2 aromatic rings. The van der Waals surface area contributed by atoms with Crippen LogP contribution < -0.4 is 5.32 Å². The van der Waals surface area contributed by atoms with Crippen LogP contribution in [0.4, 0.5) is 5.69 Å². The van der Waals surface area contributed by atoms with E-state index in [0.29, 0.717) is 10.7 Å². The molecule has 6 heteroatoms. The van der Waals surface area contributed by atoms with Crippen LogP contribution in [0.5, 0.6) is 0 Å². The second-order valence-corrected chi connectivity index (χ2v) is 6.31. The Kier molecular flexibility index (Phi) is 5.50. The molecule has 1 aromatic carbocycles. The number of amides is 1. The van der Waals surface area contributed by atoms with E-state index in [9.17, 15) is 9.59 Å². The molecular weight excluding hydrogens is 312 g/mol. The predicted octanol–water partition coefficient (Wildman–Crippen LogP) is 3.38. The van der Waals surface area contributed by atoms with Gasteiger partial charge in [0.25, 0.3) is 0 Å². The van der Waals surface area contributed by atoms with E-state index >= 15 is 0 Å². The Hall–Kier alpha value is -2.21. The maximum Gasteiger partial charge on any atom is 0.309 e. The van der Waals surface area contributed by atoms with Gasteiger partial charge in [-0.25, -0.2) is 4.98 Å². The summed E-state index contributed by atoms with van der Waals surface area (Å²) in [4.78, 5) is 27.5. The molecule has 0 aliphatic rings. The van der Waals surface area contributed by atoms with Gasteiger partial charge >= 0.3 is 5.97 Å². The van der Waals surface area contributed by atoms with E-state index in [1.807, 2.05) is 32.0 Å². The summed E-state index contributed by atoms with van der Waals surface area (Å²) in [6, 6.07) is 5.95. The van der Waals surface area contributed by atoms with E-state index in [0.717, 1.165) is 23.2 Å². The molecule has 2 rings (SSSR count). The highest BCUT2D eigenvalue weighted by Gasteiger charge is 2.20. The Morgan fingerprint density at radius 2 is 2.13 bits per heavy atom. The zero-order valence-corrected chi connectivity index (χ0v) is 14.2. The Morgan fingerprint density at radius 1 is 1.39 bits per heavy atom. The minimum Gasteiger partial charge on any atom is -0.481 e. The van der Waals surface area contributed by atoms with Crippen molar-refractivity contribution in [3.05, 3.63) is 45.4 Å². The number of para-hydroxylation sites is 1. The van der Waals surface area contributed by atoms with E-state index in [-0.39, 0.29) is 12.3 Å². The second-order valence-electron chi connectivity index (χ2n) is 5.42. The number of anilines is 1. The fourth-order valence-corrected chi connectivity index (χ4v) is 3.18. The maximum absolute atomic E-state index is 12.5. The number of carboxylic acids is 1. The molecule has 2 N–H and O–H groups in total.